The molecule has 1 nitrogen and oxygen atoms in total. The summed E-state index contributed by atoms with van der Waals surface area (Å²) in [4.78, 5) is 0. The molecule has 0 aliphatic rings. The van der Waals surface area contributed by atoms with E-state index in [4.69, 9.17) is 18.6 Å². The predicted octanol–water partition coefficient (Wildman–Crippen LogP) is 7.28. The van der Waals surface area contributed by atoms with Gasteiger partial charge in [-0.25, -0.2) is 0 Å². The van der Waals surface area contributed by atoms with E-state index in [1.807, 2.05) is 0 Å². The van der Waals surface area contributed by atoms with E-state index in [1.165, 1.54) is 28.2 Å². The molecule has 1 atom stereocenters. The molecule has 166 valence electrons. The number of aromatic hydroxyl groups is 1. The molecule has 1 unspecified atom stereocenters. The van der Waals surface area contributed by atoms with E-state index in [2.05, 4.69) is 92.1 Å². The molecule has 2 aromatic rings. The van der Waals surface area contributed by atoms with Crippen molar-refractivity contribution in [1.82, 2.24) is 0 Å². The van der Waals surface area contributed by atoms with Crippen LogP contribution in [0.1, 0.15) is 63.8 Å². The van der Waals surface area contributed by atoms with Gasteiger partial charge in [-0.2, -0.15) is 0 Å². The molecule has 1 N–H and O–H groups in total. The SMILES string of the molecule is Cc1cccc(C[PH+](C)C)c1Pc1cc(C(C)(C)C)cc(C(C)(C)C)c1O.[Cl][Ti][Cl]. The first-order chi connectivity index (χ1) is 13.7. The van der Waals surface area contributed by atoms with Gasteiger partial charge in [-0.15, -0.1) is 0 Å². The average Bonchev–Trinajstić information content (AvgIpc) is 2.57. The van der Waals surface area contributed by atoms with E-state index >= 15 is 0 Å². The van der Waals surface area contributed by atoms with Gasteiger partial charge in [0.1, 0.15) is 5.75 Å². The molecule has 0 aliphatic carbocycles. The molecule has 6 heteroatoms. The zero-order valence-corrected chi connectivity index (χ0v) is 24.9. The van der Waals surface area contributed by atoms with Gasteiger partial charge in [0.15, 0.2) is 0 Å². The summed E-state index contributed by atoms with van der Waals surface area (Å²) < 4.78 is 0. The molecule has 0 heterocycles. The Labute approximate surface area is 203 Å². The van der Waals surface area contributed by atoms with Crippen molar-refractivity contribution in [1.29, 1.82) is 0 Å². The molecule has 0 bridgehead atoms. The molecule has 0 saturated carbocycles. The molecule has 0 aromatic heterocycles. The Morgan fingerprint density at radius 3 is 2.03 bits per heavy atom. The van der Waals surface area contributed by atoms with Crippen LogP contribution >= 0.6 is 35.1 Å². The number of hydrogen-bond donors (Lipinski definition) is 1. The Bertz CT molecular complexity index is 840. The molecule has 0 amide bonds. The summed E-state index contributed by atoms with van der Waals surface area (Å²) in [6.07, 6.45) is 1.18. The second-order valence-electron chi connectivity index (χ2n) is 10.1. The number of aryl methyl sites for hydroxylation is 1. The number of rotatable bonds is 4. The van der Waals surface area contributed by atoms with Crippen molar-refractivity contribution >= 4 is 45.7 Å². The van der Waals surface area contributed by atoms with Crippen LogP contribution in [0.3, 0.4) is 0 Å². The summed E-state index contributed by atoms with van der Waals surface area (Å²) in [5, 5.41) is 13.7. The number of phenols is 1. The topological polar surface area (TPSA) is 20.2 Å². The van der Waals surface area contributed by atoms with Crippen molar-refractivity contribution in [3.63, 3.8) is 0 Å². The Morgan fingerprint density at radius 1 is 1.00 bits per heavy atom. The van der Waals surface area contributed by atoms with Crippen LogP contribution in [0.4, 0.5) is 0 Å². The van der Waals surface area contributed by atoms with Gasteiger partial charge in [0.05, 0.1) is 6.16 Å². The van der Waals surface area contributed by atoms with E-state index < -0.39 is 17.0 Å². The van der Waals surface area contributed by atoms with Crippen LogP contribution in [-0.2, 0) is 34.0 Å². The standard InChI is InChI=1S/C24H36OP2.2ClH.Ti/c1-16-11-10-12-17(15-27(8)9)22(16)26-20-14-18(23(2,3)4)13-19(21(20)25)24(5,6)7;;;/h10-14,25-26H,15H2,1-9H3;2*1H;/q;;;+2/p-1. The summed E-state index contributed by atoms with van der Waals surface area (Å²) in [5.74, 6) is 0.488. The fourth-order valence-corrected chi connectivity index (χ4v) is 5.90. The first kappa shape index (κ1) is 28.4. The molecule has 0 radical (unpaired) electrons. The Hall–Kier alpha value is 0.394. The van der Waals surface area contributed by atoms with Gasteiger partial charge in [-0.3, -0.25) is 0 Å². The van der Waals surface area contributed by atoms with Crippen molar-refractivity contribution in [2.24, 2.45) is 0 Å². The molecule has 2 rings (SSSR count). The van der Waals surface area contributed by atoms with Gasteiger partial charge < -0.3 is 5.11 Å². The van der Waals surface area contributed by atoms with E-state index in [1.54, 1.807) is 0 Å². The summed E-state index contributed by atoms with van der Waals surface area (Å²) in [6.45, 7) is 20.3. The van der Waals surface area contributed by atoms with Crippen molar-refractivity contribution < 1.29 is 22.1 Å². The van der Waals surface area contributed by atoms with Crippen LogP contribution in [0.2, 0.25) is 0 Å². The van der Waals surface area contributed by atoms with Crippen LogP contribution in [0.25, 0.3) is 0 Å². The Morgan fingerprint density at radius 2 is 1.57 bits per heavy atom. The van der Waals surface area contributed by atoms with Gasteiger partial charge in [-0.1, -0.05) is 74.4 Å². The van der Waals surface area contributed by atoms with Gasteiger partial charge in [0.25, 0.3) is 0 Å². The van der Waals surface area contributed by atoms with E-state index in [9.17, 15) is 5.11 Å². The molecule has 0 aliphatic heterocycles. The Kier molecular flexibility index (Phi) is 11.4. The fraction of sp³-hybridized carbons (Fsp3) is 0.500. The Balaban J connectivity index is 0.00000141. The third kappa shape index (κ3) is 8.39. The van der Waals surface area contributed by atoms with E-state index in [0.717, 1.165) is 10.9 Å². The van der Waals surface area contributed by atoms with Crippen LogP contribution in [-0.4, -0.2) is 18.4 Å². The number of hydrogen-bond acceptors (Lipinski definition) is 1. The molecule has 30 heavy (non-hydrogen) atoms. The average molecular weight is 522 g/mol. The molecule has 0 spiro atoms. The van der Waals surface area contributed by atoms with Crippen molar-refractivity contribution in [3.05, 3.63) is 52.6 Å². The van der Waals surface area contributed by atoms with Crippen LogP contribution < -0.4 is 10.6 Å². The molecule has 2 aromatic carbocycles. The normalized spacial score (nSPS) is 12.3. The van der Waals surface area contributed by atoms with E-state index in [-0.39, 0.29) is 18.8 Å². The summed E-state index contributed by atoms with van der Waals surface area (Å²) in [7, 11) is 9.92. The maximum absolute atomic E-state index is 11.2. The number of phenolic OH excluding ortho intramolecular Hbond substituents is 1. The van der Waals surface area contributed by atoms with Crippen LogP contribution in [0, 0.1) is 6.92 Å². The molecule has 0 fully saturated rings. The first-order valence-corrected chi connectivity index (χ1v) is 18.2. The third-order valence-electron chi connectivity index (χ3n) is 4.95. The minimum absolute atomic E-state index is 0.0600. The molecular formula is C24H37Cl2OP2Ti+. The molecular weight excluding hydrogens is 485 g/mol. The summed E-state index contributed by atoms with van der Waals surface area (Å²) in [6, 6.07) is 11.1. The number of halogens is 2. The van der Waals surface area contributed by atoms with Crippen LogP contribution in [0.15, 0.2) is 30.3 Å². The fourth-order valence-electron chi connectivity index (χ4n) is 3.30. The van der Waals surface area contributed by atoms with Gasteiger partial charge in [0, 0.05) is 24.2 Å². The molecule has 0 saturated heterocycles. The third-order valence-corrected chi connectivity index (χ3v) is 7.65. The van der Waals surface area contributed by atoms with Gasteiger partial charge in [-0.05, 0) is 53.7 Å². The monoisotopic (exact) mass is 521 g/mol. The zero-order valence-electron chi connectivity index (χ0n) is 19.8. The second kappa shape index (κ2) is 12.0. The number of benzene rings is 2. The van der Waals surface area contributed by atoms with Crippen molar-refractivity contribution in [2.75, 3.05) is 13.3 Å². The van der Waals surface area contributed by atoms with E-state index in [0.29, 0.717) is 14.3 Å². The summed E-state index contributed by atoms with van der Waals surface area (Å²) >= 11 is -0.556. The van der Waals surface area contributed by atoms with Crippen molar-refractivity contribution in [2.45, 2.75) is 65.5 Å². The van der Waals surface area contributed by atoms with Crippen molar-refractivity contribution in [3.8, 4) is 5.75 Å². The first-order valence-electron chi connectivity index (χ1n) is 10.2. The van der Waals surface area contributed by atoms with Gasteiger partial charge >= 0.3 is 35.6 Å². The van der Waals surface area contributed by atoms with Gasteiger partial charge in [0.2, 0.25) is 0 Å². The summed E-state index contributed by atoms with van der Waals surface area (Å²) in [5.41, 5.74) is 5.14. The second-order valence-corrected chi connectivity index (χ2v) is 16.7. The maximum atomic E-state index is 11.2. The quantitative estimate of drug-likeness (QED) is 0.331. The predicted molar refractivity (Wildman–Crippen MR) is 140 cm³/mol. The zero-order chi connectivity index (χ0) is 23.3. The minimum atomic E-state index is -0.556. The van der Waals surface area contributed by atoms with Crippen LogP contribution in [0.5, 0.6) is 5.75 Å².